The zero-order valence-electron chi connectivity index (χ0n) is 14.0. The van der Waals surface area contributed by atoms with Crippen LogP contribution in [0.1, 0.15) is 30.9 Å². The highest BCUT2D eigenvalue weighted by Gasteiger charge is 2.28. The van der Waals surface area contributed by atoms with Crippen LogP contribution in [0.2, 0.25) is 0 Å². The number of carbonyl (C=O) groups excluding carboxylic acids is 1. The second-order valence-corrected chi connectivity index (χ2v) is 6.46. The molecule has 122 valence electrons. The molecule has 0 aromatic heterocycles. The molecule has 1 atom stereocenters. The largest absolute Gasteiger partial charge is 0.396 e. The normalized spacial score (nSPS) is 18.2. The predicted octanol–water partition coefficient (Wildman–Crippen LogP) is 2.05. The predicted molar refractivity (Wildman–Crippen MR) is 88.5 cm³/mol. The van der Waals surface area contributed by atoms with Crippen LogP contribution in [0.15, 0.2) is 24.3 Å². The number of hydrogen-bond acceptors (Lipinski definition) is 3. The van der Waals surface area contributed by atoms with Gasteiger partial charge in [0, 0.05) is 20.2 Å². The van der Waals surface area contributed by atoms with E-state index in [-0.39, 0.29) is 18.6 Å². The highest BCUT2D eigenvalue weighted by Crippen LogP contribution is 2.19. The van der Waals surface area contributed by atoms with Crippen LogP contribution < -0.4 is 0 Å². The van der Waals surface area contributed by atoms with Gasteiger partial charge in [0.2, 0.25) is 5.91 Å². The summed E-state index contributed by atoms with van der Waals surface area (Å²) in [5, 5.41) is 9.21. The van der Waals surface area contributed by atoms with Crippen LogP contribution >= 0.6 is 0 Å². The van der Waals surface area contributed by atoms with Gasteiger partial charge in [0.1, 0.15) is 0 Å². The van der Waals surface area contributed by atoms with Crippen molar-refractivity contribution in [2.75, 3.05) is 26.7 Å². The lowest BCUT2D eigenvalue weighted by atomic mass is 9.96. The number of aliphatic hydroxyl groups excluding tert-OH is 1. The van der Waals surface area contributed by atoms with E-state index in [1.165, 1.54) is 11.1 Å². The molecule has 0 radical (unpaired) electrons. The van der Waals surface area contributed by atoms with Crippen molar-refractivity contribution < 1.29 is 9.90 Å². The number of hydrogen-bond donors (Lipinski definition) is 1. The fourth-order valence-electron chi connectivity index (χ4n) is 3.12. The first-order valence-corrected chi connectivity index (χ1v) is 8.17. The lowest BCUT2D eigenvalue weighted by Crippen LogP contribution is -2.48. The molecule has 0 aliphatic carbocycles. The third-order valence-corrected chi connectivity index (χ3v) is 4.86. The molecule has 1 unspecified atom stereocenters. The molecule has 0 spiro atoms. The van der Waals surface area contributed by atoms with Gasteiger partial charge in [-0.3, -0.25) is 9.69 Å². The van der Waals surface area contributed by atoms with Crippen LogP contribution in [-0.4, -0.2) is 53.6 Å². The monoisotopic (exact) mass is 304 g/mol. The Balaban J connectivity index is 1.91. The summed E-state index contributed by atoms with van der Waals surface area (Å²) in [6, 6.07) is 8.11. The summed E-state index contributed by atoms with van der Waals surface area (Å²) in [5.41, 5.74) is 2.42. The third kappa shape index (κ3) is 4.08. The zero-order valence-corrected chi connectivity index (χ0v) is 14.0. The Morgan fingerprint density at radius 3 is 2.59 bits per heavy atom. The summed E-state index contributed by atoms with van der Waals surface area (Å²) >= 11 is 0. The molecule has 1 aromatic carbocycles. The van der Waals surface area contributed by atoms with E-state index in [2.05, 4.69) is 24.0 Å². The van der Waals surface area contributed by atoms with E-state index in [1.54, 1.807) is 0 Å². The zero-order chi connectivity index (χ0) is 16.1. The number of benzene rings is 1. The molecular formula is C18H28N2O2. The highest BCUT2D eigenvalue weighted by molar-refractivity contribution is 5.81. The van der Waals surface area contributed by atoms with Crippen molar-refractivity contribution in [3.05, 3.63) is 35.4 Å². The maximum absolute atomic E-state index is 12.6. The molecule has 1 aliphatic rings. The molecular weight excluding hydrogens is 276 g/mol. The second-order valence-electron chi connectivity index (χ2n) is 6.46. The molecule has 1 N–H and O–H groups in total. The number of likely N-dealkylation sites (N-methyl/N-ethyl adjacent to an activating group) is 1. The average molecular weight is 304 g/mol. The third-order valence-electron chi connectivity index (χ3n) is 4.86. The van der Waals surface area contributed by atoms with Gasteiger partial charge in [-0.1, -0.05) is 24.3 Å². The molecule has 1 aliphatic heterocycles. The summed E-state index contributed by atoms with van der Waals surface area (Å²) in [6.45, 7) is 6.80. The van der Waals surface area contributed by atoms with Gasteiger partial charge in [0.15, 0.2) is 0 Å². The Morgan fingerprint density at radius 2 is 2.00 bits per heavy atom. The number of amides is 1. The Bertz CT molecular complexity index is 496. The highest BCUT2D eigenvalue weighted by atomic mass is 16.3. The Kier molecular flexibility index (Phi) is 5.98. The first kappa shape index (κ1) is 17.0. The number of rotatable bonds is 5. The van der Waals surface area contributed by atoms with Gasteiger partial charge in [-0.15, -0.1) is 0 Å². The van der Waals surface area contributed by atoms with Gasteiger partial charge in [-0.2, -0.15) is 0 Å². The summed E-state index contributed by atoms with van der Waals surface area (Å²) in [6.07, 6.45) is 1.96. The van der Waals surface area contributed by atoms with E-state index in [9.17, 15) is 9.90 Å². The SMILES string of the molecule is Cc1ccccc1CN(C)C(=O)C(C)N1CCC(CO)CC1. The van der Waals surface area contributed by atoms with Crippen LogP contribution in [0.3, 0.4) is 0 Å². The van der Waals surface area contributed by atoms with Crippen molar-refractivity contribution >= 4 is 5.91 Å². The number of carbonyl (C=O) groups is 1. The molecule has 1 aromatic rings. The van der Waals surface area contributed by atoms with E-state index in [4.69, 9.17) is 0 Å². The first-order chi connectivity index (χ1) is 10.5. The summed E-state index contributed by atoms with van der Waals surface area (Å²) in [7, 11) is 1.88. The van der Waals surface area contributed by atoms with E-state index in [0.717, 1.165) is 25.9 Å². The van der Waals surface area contributed by atoms with E-state index >= 15 is 0 Å². The molecule has 1 heterocycles. The van der Waals surface area contributed by atoms with Gasteiger partial charge >= 0.3 is 0 Å². The quantitative estimate of drug-likeness (QED) is 0.905. The molecule has 1 saturated heterocycles. The summed E-state index contributed by atoms with van der Waals surface area (Å²) in [5.74, 6) is 0.578. The molecule has 22 heavy (non-hydrogen) atoms. The summed E-state index contributed by atoms with van der Waals surface area (Å²) in [4.78, 5) is 16.7. The average Bonchev–Trinajstić information content (AvgIpc) is 2.55. The number of aryl methyl sites for hydroxylation is 1. The van der Waals surface area contributed by atoms with Crippen LogP contribution in [0.25, 0.3) is 0 Å². The Hall–Kier alpha value is -1.39. The van der Waals surface area contributed by atoms with Crippen molar-refractivity contribution in [3.63, 3.8) is 0 Å². The lowest BCUT2D eigenvalue weighted by Gasteiger charge is -2.36. The van der Waals surface area contributed by atoms with Gasteiger partial charge in [0.05, 0.1) is 6.04 Å². The number of nitrogens with zero attached hydrogens (tertiary/aromatic N) is 2. The van der Waals surface area contributed by atoms with Gasteiger partial charge in [0.25, 0.3) is 0 Å². The molecule has 1 fully saturated rings. The number of piperidine rings is 1. The lowest BCUT2D eigenvalue weighted by molar-refractivity contribution is -0.136. The maximum atomic E-state index is 12.6. The maximum Gasteiger partial charge on any atom is 0.239 e. The van der Waals surface area contributed by atoms with Crippen molar-refractivity contribution in [1.29, 1.82) is 0 Å². The van der Waals surface area contributed by atoms with Crippen molar-refractivity contribution in [2.24, 2.45) is 5.92 Å². The van der Waals surface area contributed by atoms with Crippen molar-refractivity contribution in [1.82, 2.24) is 9.80 Å². The molecule has 4 nitrogen and oxygen atoms in total. The minimum Gasteiger partial charge on any atom is -0.396 e. The molecule has 1 amide bonds. The van der Waals surface area contributed by atoms with Gasteiger partial charge < -0.3 is 10.0 Å². The fourth-order valence-corrected chi connectivity index (χ4v) is 3.12. The molecule has 2 rings (SSSR count). The topological polar surface area (TPSA) is 43.8 Å². The van der Waals surface area contributed by atoms with E-state index < -0.39 is 0 Å². The van der Waals surface area contributed by atoms with Crippen LogP contribution in [0, 0.1) is 12.8 Å². The first-order valence-electron chi connectivity index (χ1n) is 8.17. The minimum atomic E-state index is -0.0892. The molecule has 4 heteroatoms. The smallest absolute Gasteiger partial charge is 0.239 e. The Labute approximate surface area is 133 Å². The number of likely N-dealkylation sites (tertiary alicyclic amines) is 1. The van der Waals surface area contributed by atoms with E-state index in [1.807, 2.05) is 31.0 Å². The van der Waals surface area contributed by atoms with Crippen molar-refractivity contribution in [3.8, 4) is 0 Å². The van der Waals surface area contributed by atoms with Crippen LogP contribution in [0.5, 0.6) is 0 Å². The molecule has 0 bridgehead atoms. The minimum absolute atomic E-state index is 0.0892. The summed E-state index contributed by atoms with van der Waals surface area (Å²) < 4.78 is 0. The van der Waals surface area contributed by atoms with Gasteiger partial charge in [-0.05, 0) is 56.8 Å². The number of aliphatic hydroxyl groups is 1. The van der Waals surface area contributed by atoms with Gasteiger partial charge in [-0.25, -0.2) is 0 Å². The second kappa shape index (κ2) is 7.75. The molecule has 0 saturated carbocycles. The van der Waals surface area contributed by atoms with E-state index in [0.29, 0.717) is 12.5 Å². The fraction of sp³-hybridized carbons (Fsp3) is 0.611. The van der Waals surface area contributed by atoms with Crippen LogP contribution in [-0.2, 0) is 11.3 Å². The Morgan fingerprint density at radius 1 is 1.36 bits per heavy atom. The van der Waals surface area contributed by atoms with Crippen LogP contribution in [0.4, 0.5) is 0 Å². The van der Waals surface area contributed by atoms with Crippen molar-refractivity contribution in [2.45, 2.75) is 39.3 Å². The standard InChI is InChI=1S/C18H28N2O2/c1-14-6-4-5-7-17(14)12-19(3)18(22)15(2)20-10-8-16(13-21)9-11-20/h4-7,15-16,21H,8-13H2,1-3H3.